The lowest BCUT2D eigenvalue weighted by Gasteiger charge is -2.36. The molecule has 2 aromatic carbocycles. The Morgan fingerprint density at radius 1 is 1.21 bits per heavy atom. The number of carbonyl (C=O) groups is 1. The van der Waals surface area contributed by atoms with Gasteiger partial charge in [-0.25, -0.2) is 22.9 Å². The van der Waals surface area contributed by atoms with Gasteiger partial charge in [-0.3, -0.25) is 4.90 Å². The van der Waals surface area contributed by atoms with E-state index in [2.05, 4.69) is 31.5 Å². The SMILES string of the molecule is CNC(=O)NC1CCC(N2CCCOc3c(Cl)c(-c4ccc(F)c5sc(N)c(C#N)c45)c(F)c4nc(OCC56CCCN5C[C@H](F)C6)c(C#N)c2c34)C1. The summed E-state index contributed by atoms with van der Waals surface area (Å²) < 4.78 is 60.2. The summed E-state index contributed by atoms with van der Waals surface area (Å²) >= 11 is 8.02. The van der Waals surface area contributed by atoms with Crippen LogP contribution in [0.3, 0.4) is 0 Å². The van der Waals surface area contributed by atoms with Crippen LogP contribution in [0.25, 0.3) is 32.1 Å². The minimum absolute atomic E-state index is 0.00780. The summed E-state index contributed by atoms with van der Waals surface area (Å²) in [5.41, 5.74) is 5.72. The molecule has 276 valence electrons. The van der Waals surface area contributed by atoms with Gasteiger partial charge in [0, 0.05) is 49.6 Å². The normalized spacial score (nSPS) is 24.0. The number of amides is 2. The van der Waals surface area contributed by atoms with Crippen LogP contribution in [0, 0.1) is 34.3 Å². The van der Waals surface area contributed by atoms with Crippen LogP contribution in [0.2, 0.25) is 5.02 Å². The molecule has 2 amide bonds. The molecule has 1 saturated carbocycles. The van der Waals surface area contributed by atoms with Crippen LogP contribution < -0.4 is 30.7 Å². The first-order valence-corrected chi connectivity index (χ1v) is 18.9. The van der Waals surface area contributed by atoms with Crippen LogP contribution in [0.15, 0.2) is 12.1 Å². The smallest absolute Gasteiger partial charge is 0.314 e. The maximum absolute atomic E-state index is 17.5. The number of nitrogens with two attached hydrogens (primary N) is 1. The molecule has 8 rings (SSSR count). The van der Waals surface area contributed by atoms with Crippen molar-refractivity contribution in [3.8, 4) is 34.9 Å². The number of nitrogen functional groups attached to an aromatic ring is 1. The van der Waals surface area contributed by atoms with Crippen molar-refractivity contribution in [2.24, 2.45) is 0 Å². The highest BCUT2D eigenvalue weighted by molar-refractivity contribution is 7.23. The molecule has 4 aromatic rings. The summed E-state index contributed by atoms with van der Waals surface area (Å²) in [4.78, 5) is 21.0. The zero-order valence-corrected chi connectivity index (χ0v) is 30.4. The van der Waals surface area contributed by atoms with Crippen LogP contribution in [-0.4, -0.2) is 79.6 Å². The van der Waals surface area contributed by atoms with E-state index in [0.717, 1.165) is 24.3 Å². The molecule has 0 bridgehead atoms. The van der Waals surface area contributed by atoms with Crippen LogP contribution in [0.5, 0.6) is 11.6 Å². The van der Waals surface area contributed by atoms with Crippen LogP contribution in [0.4, 0.5) is 28.7 Å². The van der Waals surface area contributed by atoms with E-state index < -0.39 is 23.3 Å². The van der Waals surface area contributed by atoms with Crippen molar-refractivity contribution in [1.82, 2.24) is 20.5 Å². The van der Waals surface area contributed by atoms with Gasteiger partial charge in [0.1, 0.15) is 52.6 Å². The summed E-state index contributed by atoms with van der Waals surface area (Å²) in [5.74, 6) is -1.53. The molecule has 5 heterocycles. The van der Waals surface area contributed by atoms with Crippen LogP contribution >= 0.6 is 22.9 Å². The maximum Gasteiger partial charge on any atom is 0.314 e. The molecular formula is C37H36ClF3N8O3S. The van der Waals surface area contributed by atoms with Gasteiger partial charge in [-0.05, 0) is 56.7 Å². The number of hydrogen-bond acceptors (Lipinski definition) is 10. The summed E-state index contributed by atoms with van der Waals surface area (Å²) in [5, 5.41) is 26.7. The molecule has 16 heteroatoms. The van der Waals surface area contributed by atoms with Gasteiger partial charge < -0.3 is 30.7 Å². The predicted molar refractivity (Wildman–Crippen MR) is 196 cm³/mol. The van der Waals surface area contributed by atoms with Crippen molar-refractivity contribution in [3.63, 3.8) is 0 Å². The number of nitrogens with zero attached hydrogens (tertiary/aromatic N) is 5. The summed E-state index contributed by atoms with van der Waals surface area (Å²) in [6.45, 7) is 1.70. The second-order valence-corrected chi connectivity index (χ2v) is 15.6. The summed E-state index contributed by atoms with van der Waals surface area (Å²) in [6.07, 6.45) is 3.27. The van der Waals surface area contributed by atoms with Crippen molar-refractivity contribution >= 4 is 60.6 Å². The second-order valence-electron chi connectivity index (χ2n) is 14.2. The highest BCUT2D eigenvalue weighted by Crippen LogP contribution is 2.53. The molecule has 2 saturated heterocycles. The molecule has 53 heavy (non-hydrogen) atoms. The minimum Gasteiger partial charge on any atom is -0.491 e. The summed E-state index contributed by atoms with van der Waals surface area (Å²) in [7, 11) is 1.55. The number of aromatic nitrogens is 1. The predicted octanol–water partition coefficient (Wildman–Crippen LogP) is 6.77. The Balaban J connectivity index is 1.36. The van der Waals surface area contributed by atoms with Crippen molar-refractivity contribution in [2.75, 3.05) is 50.5 Å². The molecule has 3 unspecified atom stereocenters. The van der Waals surface area contributed by atoms with Crippen LogP contribution in [-0.2, 0) is 0 Å². The van der Waals surface area contributed by atoms with Gasteiger partial charge in [-0.2, -0.15) is 10.5 Å². The number of urea groups is 1. The lowest BCUT2D eigenvalue weighted by atomic mass is 9.94. The van der Waals surface area contributed by atoms with Gasteiger partial charge in [0.25, 0.3) is 0 Å². The minimum atomic E-state index is -1.01. The molecule has 3 fully saturated rings. The Hall–Kier alpha value is -4.70. The average molecular weight is 765 g/mol. The largest absolute Gasteiger partial charge is 0.491 e. The number of halogens is 4. The molecule has 1 aliphatic carbocycles. The molecule has 11 nitrogen and oxygen atoms in total. The number of pyridine rings is 1. The van der Waals surface area contributed by atoms with E-state index in [9.17, 15) is 19.7 Å². The fraction of sp³-hybridized carbons (Fsp3) is 0.459. The fourth-order valence-corrected chi connectivity index (χ4v) is 10.2. The first-order chi connectivity index (χ1) is 25.6. The first-order valence-electron chi connectivity index (χ1n) is 17.7. The van der Waals surface area contributed by atoms with E-state index in [1.165, 1.54) is 12.1 Å². The molecule has 0 spiro atoms. The number of anilines is 2. The summed E-state index contributed by atoms with van der Waals surface area (Å²) in [6, 6.07) is 6.24. The molecule has 0 radical (unpaired) electrons. The number of rotatable bonds is 6. The van der Waals surface area contributed by atoms with E-state index in [0.29, 0.717) is 50.9 Å². The van der Waals surface area contributed by atoms with Gasteiger partial charge in [-0.1, -0.05) is 17.7 Å². The van der Waals surface area contributed by atoms with Crippen molar-refractivity contribution in [2.45, 2.75) is 68.7 Å². The number of fused-ring (bicyclic) bond motifs is 2. The average Bonchev–Trinajstić information content (AvgIpc) is 3.90. The molecule has 4 atom stereocenters. The second kappa shape index (κ2) is 13.6. The topological polar surface area (TPSA) is 153 Å². The van der Waals surface area contributed by atoms with Gasteiger partial charge in [0.2, 0.25) is 5.88 Å². The third-order valence-corrected chi connectivity index (χ3v) is 12.6. The number of ether oxygens (including phenoxy) is 2. The number of thiophene rings is 1. The molecule has 4 aliphatic rings. The maximum atomic E-state index is 17.5. The number of nitriles is 2. The molecule has 3 aliphatic heterocycles. The first kappa shape index (κ1) is 35.3. The van der Waals surface area contributed by atoms with Gasteiger partial charge in [0.05, 0.1) is 38.5 Å². The third-order valence-electron chi connectivity index (χ3n) is 11.2. The Bertz CT molecular complexity index is 2260. The lowest BCUT2D eigenvalue weighted by molar-refractivity contribution is 0.110. The number of carbonyl (C=O) groups excluding carboxylic acids is 1. The Morgan fingerprint density at radius 3 is 2.79 bits per heavy atom. The molecule has 4 N–H and O–H groups in total. The number of hydrogen-bond donors (Lipinski definition) is 3. The van der Waals surface area contributed by atoms with E-state index in [1.54, 1.807) is 7.05 Å². The molecular weight excluding hydrogens is 729 g/mol. The monoisotopic (exact) mass is 764 g/mol. The van der Waals surface area contributed by atoms with E-state index in [-0.39, 0.29) is 103 Å². The third kappa shape index (κ3) is 5.72. The number of nitrogens with one attached hydrogen (secondary N) is 2. The molecule has 2 aromatic heterocycles. The highest BCUT2D eigenvalue weighted by atomic mass is 35.5. The van der Waals surface area contributed by atoms with E-state index in [1.807, 2.05) is 6.07 Å². The number of alkyl halides is 1. The number of benzene rings is 2. The zero-order valence-electron chi connectivity index (χ0n) is 28.8. The van der Waals surface area contributed by atoms with Gasteiger partial charge in [-0.15, -0.1) is 11.3 Å². The standard InChI is InChI=1S/C37H36ClF3N8O3S/c1-45-36(50)46-19-4-5-20(12-19)49-10-3-11-51-32-27-30(29(41)26(28(32)38)21-6-7-24(40)33-25(21)22(14-42)34(44)53-33)47-35(23(15-43)31(27)49)52-17-37-8-2-9-48(37)16-18(39)13-37/h6-7,18-20H,2-5,8-13,16-17,44H2,1H3,(H2,45,46,50)/t18-,19?,20?,37?/m1/s1. The highest BCUT2D eigenvalue weighted by Gasteiger charge is 2.49. The van der Waals surface area contributed by atoms with Gasteiger partial charge in [0.15, 0.2) is 5.82 Å². The van der Waals surface area contributed by atoms with Gasteiger partial charge >= 0.3 is 6.03 Å². The van der Waals surface area contributed by atoms with Crippen molar-refractivity contribution in [3.05, 3.63) is 39.9 Å². The quantitative estimate of drug-likeness (QED) is 0.193. The lowest BCUT2D eigenvalue weighted by Crippen LogP contribution is -2.43. The van der Waals surface area contributed by atoms with E-state index >= 15 is 8.78 Å². The zero-order chi connectivity index (χ0) is 37.2. The van der Waals surface area contributed by atoms with E-state index in [4.69, 9.17) is 26.8 Å². The van der Waals surface area contributed by atoms with Crippen LogP contribution in [0.1, 0.15) is 56.1 Å². The van der Waals surface area contributed by atoms with Crippen molar-refractivity contribution in [1.29, 1.82) is 10.5 Å². The Kier molecular flexibility index (Phi) is 9.08. The van der Waals surface area contributed by atoms with Crippen molar-refractivity contribution < 1.29 is 27.4 Å². The Labute approximate surface area is 312 Å². The fourth-order valence-electron chi connectivity index (χ4n) is 8.90. The Morgan fingerprint density at radius 2 is 2.02 bits per heavy atom.